The first-order valence-electron chi connectivity index (χ1n) is 7.60. The van der Waals surface area contributed by atoms with Gasteiger partial charge in [0.1, 0.15) is 6.04 Å². The molecule has 0 aromatic heterocycles. The fourth-order valence-electron chi connectivity index (χ4n) is 2.26. The lowest BCUT2D eigenvalue weighted by Crippen LogP contribution is -2.51. The third-order valence-electron chi connectivity index (χ3n) is 3.27. The van der Waals surface area contributed by atoms with Gasteiger partial charge in [-0.15, -0.1) is 0 Å². The Morgan fingerprint density at radius 2 is 1.65 bits per heavy atom. The monoisotopic (exact) mass is 430 g/mol. The van der Waals surface area contributed by atoms with Crippen molar-refractivity contribution in [2.24, 2.45) is 5.92 Å². The van der Waals surface area contributed by atoms with Crippen LogP contribution in [0.4, 0.5) is 0 Å². The molecular formula is C17H23IN2O3. The molecule has 1 rings (SSSR count). The van der Waals surface area contributed by atoms with Crippen molar-refractivity contribution in [3.05, 3.63) is 35.9 Å². The number of amides is 2. The molecule has 2 N–H and O–H groups in total. The van der Waals surface area contributed by atoms with E-state index in [0.29, 0.717) is 12.8 Å². The van der Waals surface area contributed by atoms with Gasteiger partial charge in [0.2, 0.25) is 15.6 Å². The van der Waals surface area contributed by atoms with E-state index in [1.54, 1.807) is 22.6 Å². The first-order chi connectivity index (χ1) is 10.8. The highest BCUT2D eigenvalue weighted by molar-refractivity contribution is 14.1. The average Bonchev–Trinajstić information content (AvgIpc) is 2.45. The van der Waals surface area contributed by atoms with Crippen LogP contribution in [-0.4, -0.2) is 27.7 Å². The van der Waals surface area contributed by atoms with Crippen molar-refractivity contribution in [2.75, 3.05) is 0 Å². The summed E-state index contributed by atoms with van der Waals surface area (Å²) in [7, 11) is 0. The third kappa shape index (κ3) is 7.58. The Labute approximate surface area is 150 Å². The summed E-state index contributed by atoms with van der Waals surface area (Å²) < 4.78 is -0.106. The number of hydrogen-bond donors (Lipinski definition) is 2. The van der Waals surface area contributed by atoms with Crippen molar-refractivity contribution in [1.82, 2.24) is 10.6 Å². The topological polar surface area (TPSA) is 75.3 Å². The summed E-state index contributed by atoms with van der Waals surface area (Å²) in [4.78, 5) is 35.6. The summed E-state index contributed by atoms with van der Waals surface area (Å²) in [6.45, 7) is 5.36. The van der Waals surface area contributed by atoms with Gasteiger partial charge in [-0.1, -0.05) is 44.2 Å². The molecule has 0 spiro atoms. The van der Waals surface area contributed by atoms with Gasteiger partial charge < -0.3 is 10.6 Å². The average molecular weight is 430 g/mol. The normalized spacial score (nSPS) is 13.3. The van der Waals surface area contributed by atoms with Crippen LogP contribution in [0.3, 0.4) is 0 Å². The van der Waals surface area contributed by atoms with Crippen LogP contribution in [0.25, 0.3) is 0 Å². The van der Waals surface area contributed by atoms with Gasteiger partial charge in [0.25, 0.3) is 0 Å². The van der Waals surface area contributed by atoms with E-state index < -0.39 is 12.1 Å². The minimum atomic E-state index is -0.694. The molecule has 0 saturated carbocycles. The van der Waals surface area contributed by atoms with Gasteiger partial charge >= 0.3 is 0 Å². The van der Waals surface area contributed by atoms with Crippen molar-refractivity contribution in [2.45, 2.75) is 45.7 Å². The number of benzene rings is 1. The lowest BCUT2D eigenvalue weighted by molar-refractivity contribution is -0.129. The molecule has 0 aliphatic heterocycles. The summed E-state index contributed by atoms with van der Waals surface area (Å²) in [5.74, 6) is -0.325. The number of carbonyl (C=O) groups is 3. The van der Waals surface area contributed by atoms with E-state index in [1.807, 2.05) is 44.2 Å². The van der Waals surface area contributed by atoms with Gasteiger partial charge in [0.15, 0.2) is 0 Å². The molecule has 2 atom stereocenters. The molecule has 1 aromatic carbocycles. The van der Waals surface area contributed by atoms with Crippen LogP contribution in [0.15, 0.2) is 30.3 Å². The highest BCUT2D eigenvalue weighted by Gasteiger charge is 2.25. The molecule has 2 amide bonds. The highest BCUT2D eigenvalue weighted by atomic mass is 127. The molecule has 0 fully saturated rings. The largest absolute Gasteiger partial charge is 0.344 e. The molecule has 0 unspecified atom stereocenters. The fraction of sp³-hybridized carbons (Fsp3) is 0.471. The number of carbonyl (C=O) groups excluding carboxylic acids is 3. The molecule has 0 heterocycles. The lowest BCUT2D eigenvalue weighted by atomic mass is 10.0. The van der Waals surface area contributed by atoms with E-state index in [0.717, 1.165) is 5.56 Å². The van der Waals surface area contributed by atoms with Gasteiger partial charge in [0.05, 0.1) is 6.04 Å². The number of rotatable bonds is 8. The minimum Gasteiger partial charge on any atom is -0.344 e. The van der Waals surface area contributed by atoms with Crippen LogP contribution in [0.2, 0.25) is 0 Å². The Balaban J connectivity index is 2.82. The van der Waals surface area contributed by atoms with Crippen LogP contribution in [-0.2, 0) is 20.8 Å². The number of hydrogen-bond acceptors (Lipinski definition) is 3. The minimum absolute atomic E-state index is 0.106. The quantitative estimate of drug-likeness (QED) is 0.491. The Kier molecular flexibility index (Phi) is 8.22. The van der Waals surface area contributed by atoms with Crippen LogP contribution < -0.4 is 10.6 Å². The maximum atomic E-state index is 12.5. The predicted octanol–water partition coefficient (Wildman–Crippen LogP) is 2.23. The maximum absolute atomic E-state index is 12.5. The molecule has 0 saturated heterocycles. The second kappa shape index (κ2) is 9.64. The third-order valence-corrected chi connectivity index (χ3v) is 4.03. The first kappa shape index (κ1) is 19.6. The Bertz CT molecular complexity index is 546. The van der Waals surface area contributed by atoms with Crippen molar-refractivity contribution in [3.63, 3.8) is 0 Å². The van der Waals surface area contributed by atoms with E-state index in [4.69, 9.17) is 0 Å². The molecule has 6 heteroatoms. The smallest absolute Gasteiger partial charge is 0.243 e. The molecule has 0 aliphatic rings. The van der Waals surface area contributed by atoms with Crippen molar-refractivity contribution >= 4 is 38.2 Å². The lowest BCUT2D eigenvalue weighted by Gasteiger charge is -2.22. The molecule has 0 aliphatic carbocycles. The maximum Gasteiger partial charge on any atom is 0.243 e. The molecule has 0 radical (unpaired) electrons. The standard InChI is InChI=1S/C17H23IN2O3/c1-11(2)9-14(16(18)22)20-17(23)15(19-12(3)21)10-13-7-5-4-6-8-13/h4-8,11,14-15H,9-10H2,1-3H3,(H,19,21)(H,20,23)/t14-,15-/m0/s1. The zero-order chi connectivity index (χ0) is 17.4. The van der Waals surface area contributed by atoms with Gasteiger partial charge in [-0.05, 0) is 17.9 Å². The van der Waals surface area contributed by atoms with Gasteiger partial charge in [0, 0.05) is 35.9 Å². The molecule has 1 aromatic rings. The van der Waals surface area contributed by atoms with E-state index in [2.05, 4.69) is 10.6 Å². The molecule has 0 bridgehead atoms. The second-order valence-corrected chi connectivity index (χ2v) is 7.00. The zero-order valence-electron chi connectivity index (χ0n) is 13.6. The van der Waals surface area contributed by atoms with Crippen molar-refractivity contribution in [3.8, 4) is 0 Å². The zero-order valence-corrected chi connectivity index (χ0v) is 15.8. The van der Waals surface area contributed by atoms with E-state index in [9.17, 15) is 14.4 Å². The summed E-state index contributed by atoms with van der Waals surface area (Å²) in [6.07, 6.45) is 0.960. The first-order valence-corrected chi connectivity index (χ1v) is 8.68. The molecule has 5 nitrogen and oxygen atoms in total. The summed E-state index contributed by atoms with van der Waals surface area (Å²) in [6, 6.07) is 8.23. The van der Waals surface area contributed by atoms with E-state index >= 15 is 0 Å². The molecule has 23 heavy (non-hydrogen) atoms. The predicted molar refractivity (Wildman–Crippen MR) is 98.2 cm³/mol. The Hall–Kier alpha value is -1.44. The number of nitrogens with one attached hydrogen (secondary N) is 2. The van der Waals surface area contributed by atoms with E-state index in [-0.39, 0.29) is 21.5 Å². The Morgan fingerprint density at radius 1 is 1.04 bits per heavy atom. The summed E-state index contributed by atoms with van der Waals surface area (Å²) >= 11 is 1.70. The summed E-state index contributed by atoms with van der Waals surface area (Å²) in [5, 5.41) is 5.42. The summed E-state index contributed by atoms with van der Waals surface area (Å²) in [5.41, 5.74) is 0.947. The van der Waals surface area contributed by atoms with Crippen LogP contribution >= 0.6 is 22.6 Å². The van der Waals surface area contributed by atoms with Gasteiger partial charge in [-0.2, -0.15) is 0 Å². The van der Waals surface area contributed by atoms with Crippen LogP contribution in [0, 0.1) is 5.92 Å². The fourth-order valence-corrected chi connectivity index (χ4v) is 2.67. The SMILES string of the molecule is CC(=O)N[C@@H](Cc1ccccc1)C(=O)N[C@@H](CC(C)C)C(=O)I. The van der Waals surface area contributed by atoms with Crippen molar-refractivity contribution < 1.29 is 14.4 Å². The van der Waals surface area contributed by atoms with Crippen LogP contribution in [0.5, 0.6) is 0 Å². The van der Waals surface area contributed by atoms with Crippen LogP contribution in [0.1, 0.15) is 32.8 Å². The highest BCUT2D eigenvalue weighted by Crippen LogP contribution is 2.10. The van der Waals surface area contributed by atoms with Crippen molar-refractivity contribution in [1.29, 1.82) is 0 Å². The van der Waals surface area contributed by atoms with Gasteiger partial charge in [-0.25, -0.2) is 0 Å². The Morgan fingerprint density at radius 3 is 2.13 bits per heavy atom. The van der Waals surface area contributed by atoms with E-state index in [1.165, 1.54) is 6.92 Å². The molecule has 126 valence electrons. The molecular weight excluding hydrogens is 407 g/mol. The number of halogens is 1. The van der Waals surface area contributed by atoms with Gasteiger partial charge in [-0.3, -0.25) is 14.4 Å². The second-order valence-electron chi connectivity index (χ2n) is 5.94.